The summed E-state index contributed by atoms with van der Waals surface area (Å²) < 4.78 is 41.6. The molecule has 0 spiro atoms. The number of benzene rings is 2. The van der Waals surface area contributed by atoms with E-state index in [0.29, 0.717) is 23.7 Å². The fourth-order valence-corrected chi connectivity index (χ4v) is 5.39. The number of carbonyl (C=O) groups is 1. The molecule has 0 saturated carbocycles. The van der Waals surface area contributed by atoms with Crippen LogP contribution in [0.15, 0.2) is 59.5 Å². The van der Waals surface area contributed by atoms with Gasteiger partial charge in [0.1, 0.15) is 11.6 Å². The molecular formula is C22H22ClFN4O3S. The summed E-state index contributed by atoms with van der Waals surface area (Å²) in [7, 11) is -3.72. The summed E-state index contributed by atoms with van der Waals surface area (Å²) in [5.41, 5.74) is 1.46. The second kappa shape index (κ2) is 9.01. The lowest BCUT2D eigenvalue weighted by molar-refractivity contribution is -0.120. The average molecular weight is 477 g/mol. The molecule has 0 bridgehead atoms. The van der Waals surface area contributed by atoms with E-state index in [-0.39, 0.29) is 29.8 Å². The van der Waals surface area contributed by atoms with Crippen molar-refractivity contribution < 1.29 is 17.6 Å². The Hall–Kier alpha value is -2.75. The Bertz CT molecular complexity index is 1240. The van der Waals surface area contributed by atoms with Gasteiger partial charge in [0.05, 0.1) is 16.3 Å². The summed E-state index contributed by atoms with van der Waals surface area (Å²) >= 11 is 6.08. The Morgan fingerprint density at radius 3 is 2.47 bits per heavy atom. The lowest BCUT2D eigenvalue weighted by Crippen LogP contribution is -2.41. The zero-order valence-corrected chi connectivity index (χ0v) is 18.9. The second-order valence-electron chi connectivity index (χ2n) is 7.68. The zero-order chi connectivity index (χ0) is 22.9. The maximum atomic E-state index is 13.1. The number of carbonyl (C=O) groups excluding carboxylic acids is 1. The van der Waals surface area contributed by atoms with Crippen molar-refractivity contribution in [2.24, 2.45) is 5.92 Å². The van der Waals surface area contributed by atoms with Crippen LogP contribution in [0.1, 0.15) is 18.5 Å². The summed E-state index contributed by atoms with van der Waals surface area (Å²) in [4.78, 5) is 12.9. The van der Waals surface area contributed by atoms with Gasteiger partial charge in [0.2, 0.25) is 15.9 Å². The highest BCUT2D eigenvalue weighted by atomic mass is 35.5. The van der Waals surface area contributed by atoms with Gasteiger partial charge in [-0.05, 0) is 62.2 Å². The van der Waals surface area contributed by atoms with E-state index < -0.39 is 15.8 Å². The van der Waals surface area contributed by atoms with Crippen molar-refractivity contribution in [1.82, 2.24) is 14.1 Å². The van der Waals surface area contributed by atoms with Crippen LogP contribution in [0.3, 0.4) is 0 Å². The van der Waals surface area contributed by atoms with E-state index in [2.05, 4.69) is 10.4 Å². The van der Waals surface area contributed by atoms with Crippen LogP contribution in [0, 0.1) is 18.7 Å². The highest BCUT2D eigenvalue weighted by Gasteiger charge is 2.32. The molecule has 10 heteroatoms. The summed E-state index contributed by atoms with van der Waals surface area (Å²) in [5.74, 6) is -0.493. The highest BCUT2D eigenvalue weighted by Crippen LogP contribution is 2.26. The molecule has 3 aromatic rings. The van der Waals surface area contributed by atoms with Crippen LogP contribution in [0.4, 0.5) is 10.2 Å². The van der Waals surface area contributed by atoms with Gasteiger partial charge in [0.15, 0.2) is 0 Å². The molecule has 7 nitrogen and oxygen atoms in total. The Kier molecular flexibility index (Phi) is 6.32. The third-order valence-electron chi connectivity index (χ3n) is 5.41. The van der Waals surface area contributed by atoms with E-state index >= 15 is 0 Å². The molecule has 168 valence electrons. The van der Waals surface area contributed by atoms with Crippen LogP contribution < -0.4 is 5.32 Å². The van der Waals surface area contributed by atoms with E-state index in [0.717, 1.165) is 23.5 Å². The van der Waals surface area contributed by atoms with Gasteiger partial charge in [0, 0.05) is 30.1 Å². The summed E-state index contributed by atoms with van der Waals surface area (Å²) in [6, 6.07) is 13.7. The molecule has 0 aliphatic carbocycles. The fourth-order valence-electron chi connectivity index (χ4n) is 3.74. The number of aromatic nitrogens is 2. The number of rotatable bonds is 5. The molecular weight excluding hydrogens is 455 g/mol. The topological polar surface area (TPSA) is 84.3 Å². The van der Waals surface area contributed by atoms with E-state index in [9.17, 15) is 17.6 Å². The number of hydrogen-bond donors (Lipinski definition) is 1. The van der Waals surface area contributed by atoms with Gasteiger partial charge >= 0.3 is 0 Å². The summed E-state index contributed by atoms with van der Waals surface area (Å²) in [5, 5.41) is 7.91. The molecule has 1 aromatic heterocycles. The molecule has 1 aliphatic heterocycles. The summed E-state index contributed by atoms with van der Waals surface area (Å²) in [6.07, 6.45) is 0.771. The van der Waals surface area contributed by atoms with Gasteiger partial charge in [-0.25, -0.2) is 17.5 Å². The molecule has 0 unspecified atom stereocenters. The van der Waals surface area contributed by atoms with Crippen molar-refractivity contribution >= 4 is 33.3 Å². The molecule has 4 rings (SSSR count). The van der Waals surface area contributed by atoms with Crippen molar-refractivity contribution in [1.29, 1.82) is 0 Å². The summed E-state index contributed by atoms with van der Waals surface area (Å²) in [6.45, 7) is 2.25. The van der Waals surface area contributed by atoms with E-state index in [1.165, 1.54) is 16.4 Å². The van der Waals surface area contributed by atoms with E-state index in [1.807, 2.05) is 13.0 Å². The number of aryl methyl sites for hydroxylation is 1. The quantitative estimate of drug-likeness (QED) is 0.603. The van der Waals surface area contributed by atoms with Gasteiger partial charge in [0.25, 0.3) is 0 Å². The van der Waals surface area contributed by atoms with Crippen molar-refractivity contribution in [2.45, 2.75) is 24.7 Å². The second-order valence-corrected chi connectivity index (χ2v) is 10.1. The van der Waals surface area contributed by atoms with Crippen LogP contribution in [0.25, 0.3) is 5.69 Å². The van der Waals surface area contributed by atoms with E-state index in [4.69, 9.17) is 11.6 Å². The first-order chi connectivity index (χ1) is 15.2. The van der Waals surface area contributed by atoms with Crippen LogP contribution in [0.5, 0.6) is 0 Å². The molecule has 1 saturated heterocycles. The fraction of sp³-hybridized carbons (Fsp3) is 0.273. The third kappa shape index (κ3) is 4.69. The Morgan fingerprint density at radius 1 is 1.12 bits per heavy atom. The highest BCUT2D eigenvalue weighted by molar-refractivity contribution is 7.89. The van der Waals surface area contributed by atoms with Crippen LogP contribution in [-0.4, -0.2) is 41.5 Å². The SMILES string of the molecule is Cc1cc(NC(=O)C2CCN(S(=O)(=O)c3ccc(F)cc3)CC2)n(-c2cccc(Cl)c2)n1. The van der Waals surface area contributed by atoms with Crippen LogP contribution >= 0.6 is 11.6 Å². The van der Waals surface area contributed by atoms with Crippen molar-refractivity contribution in [2.75, 3.05) is 18.4 Å². The standard InChI is InChI=1S/C22H22ClFN4O3S/c1-15-13-21(28(26-15)19-4-2-3-17(23)14-19)25-22(29)16-9-11-27(12-10-16)32(30,31)20-7-5-18(24)6-8-20/h2-8,13-14,16H,9-12H2,1H3,(H,25,29). The van der Waals surface area contributed by atoms with Gasteiger partial charge in [-0.3, -0.25) is 4.79 Å². The molecule has 1 aliphatic rings. The van der Waals surface area contributed by atoms with Gasteiger partial charge in [-0.2, -0.15) is 9.40 Å². The number of amides is 1. The first kappa shape index (κ1) is 22.4. The number of piperidine rings is 1. The number of hydrogen-bond acceptors (Lipinski definition) is 4. The number of anilines is 1. The number of sulfonamides is 1. The van der Waals surface area contributed by atoms with Gasteiger partial charge in [-0.15, -0.1) is 0 Å². The maximum Gasteiger partial charge on any atom is 0.243 e. The van der Waals surface area contributed by atoms with Gasteiger partial charge in [-0.1, -0.05) is 17.7 Å². The number of halogens is 2. The lowest BCUT2D eigenvalue weighted by atomic mass is 9.97. The first-order valence-corrected chi connectivity index (χ1v) is 11.9. The molecule has 1 fully saturated rings. The van der Waals surface area contributed by atoms with Crippen molar-refractivity contribution in [3.63, 3.8) is 0 Å². The zero-order valence-electron chi connectivity index (χ0n) is 17.3. The smallest absolute Gasteiger partial charge is 0.243 e. The van der Waals surface area contributed by atoms with E-state index in [1.54, 1.807) is 28.9 Å². The molecule has 2 aromatic carbocycles. The number of nitrogens with zero attached hydrogens (tertiary/aromatic N) is 3. The van der Waals surface area contributed by atoms with Crippen molar-refractivity contribution in [3.8, 4) is 5.69 Å². The Balaban J connectivity index is 1.43. The van der Waals surface area contributed by atoms with Crippen LogP contribution in [-0.2, 0) is 14.8 Å². The predicted octanol–water partition coefficient (Wildman–Crippen LogP) is 4.01. The molecule has 1 N–H and O–H groups in total. The third-order valence-corrected chi connectivity index (χ3v) is 7.56. The molecule has 32 heavy (non-hydrogen) atoms. The average Bonchev–Trinajstić information content (AvgIpc) is 3.14. The normalized spacial score (nSPS) is 15.6. The Morgan fingerprint density at radius 2 is 1.81 bits per heavy atom. The maximum absolute atomic E-state index is 13.1. The number of nitrogens with one attached hydrogen (secondary N) is 1. The molecule has 2 heterocycles. The molecule has 0 radical (unpaired) electrons. The first-order valence-electron chi connectivity index (χ1n) is 10.1. The van der Waals surface area contributed by atoms with Crippen LogP contribution in [0.2, 0.25) is 5.02 Å². The minimum Gasteiger partial charge on any atom is -0.310 e. The minimum absolute atomic E-state index is 0.0442. The molecule has 1 amide bonds. The van der Waals surface area contributed by atoms with Crippen molar-refractivity contribution in [3.05, 3.63) is 71.1 Å². The Labute approximate surface area is 190 Å². The van der Waals surface area contributed by atoms with Gasteiger partial charge < -0.3 is 5.32 Å². The lowest BCUT2D eigenvalue weighted by Gasteiger charge is -2.30. The minimum atomic E-state index is -3.72. The predicted molar refractivity (Wildman–Crippen MR) is 120 cm³/mol. The molecule has 0 atom stereocenters. The largest absolute Gasteiger partial charge is 0.310 e. The monoisotopic (exact) mass is 476 g/mol.